The number of ether oxygens (including phenoxy) is 1. The van der Waals surface area contributed by atoms with Crippen LogP contribution in [0.15, 0.2) is 24.3 Å². The molecule has 0 bridgehead atoms. The summed E-state index contributed by atoms with van der Waals surface area (Å²) in [4.78, 5) is 11.7. The lowest BCUT2D eigenvalue weighted by Gasteiger charge is -2.17. The molecule has 1 aromatic rings. The average molecular weight is 263 g/mol. The summed E-state index contributed by atoms with van der Waals surface area (Å²) in [5.41, 5.74) is 1.11. The summed E-state index contributed by atoms with van der Waals surface area (Å²) in [5.74, 6) is 0.953. The minimum Gasteiger partial charge on any atom is -0.491 e. The lowest BCUT2D eigenvalue weighted by Crippen LogP contribution is -2.27. The van der Waals surface area contributed by atoms with E-state index in [1.54, 1.807) is 0 Å². The predicted molar refractivity (Wildman–Crippen MR) is 78.1 cm³/mol. The topological polar surface area (TPSA) is 38.3 Å². The number of rotatable bonds is 5. The van der Waals surface area contributed by atoms with Crippen LogP contribution in [-0.2, 0) is 11.3 Å². The van der Waals surface area contributed by atoms with E-state index in [1.165, 1.54) is 0 Å². The van der Waals surface area contributed by atoms with Gasteiger partial charge in [-0.05, 0) is 37.0 Å². The van der Waals surface area contributed by atoms with Crippen LogP contribution in [0.2, 0.25) is 0 Å². The molecule has 19 heavy (non-hydrogen) atoms. The summed E-state index contributed by atoms with van der Waals surface area (Å²) in [6, 6.07) is 7.83. The Labute approximate surface area is 116 Å². The van der Waals surface area contributed by atoms with Crippen molar-refractivity contribution < 1.29 is 9.53 Å². The SMILES string of the molecule is CC(C)Oc1ccc(CNC(=O)CC(C)(C)C)cc1. The van der Waals surface area contributed by atoms with Crippen molar-refractivity contribution in [3.63, 3.8) is 0 Å². The first-order valence-electron chi connectivity index (χ1n) is 6.78. The highest BCUT2D eigenvalue weighted by Gasteiger charge is 2.15. The van der Waals surface area contributed by atoms with Crippen LogP contribution in [0.25, 0.3) is 0 Å². The highest BCUT2D eigenvalue weighted by molar-refractivity contribution is 5.76. The molecular weight excluding hydrogens is 238 g/mol. The average Bonchev–Trinajstić information content (AvgIpc) is 2.25. The molecule has 0 atom stereocenters. The van der Waals surface area contributed by atoms with E-state index in [-0.39, 0.29) is 17.4 Å². The molecule has 0 heterocycles. The van der Waals surface area contributed by atoms with Crippen molar-refractivity contribution in [2.75, 3.05) is 0 Å². The summed E-state index contributed by atoms with van der Waals surface area (Å²) in [6.07, 6.45) is 0.721. The second-order valence-corrected chi connectivity index (χ2v) is 6.32. The summed E-state index contributed by atoms with van der Waals surface area (Å²) in [6.45, 7) is 10.7. The molecular formula is C16H25NO2. The monoisotopic (exact) mass is 263 g/mol. The molecule has 0 spiro atoms. The normalized spacial score (nSPS) is 11.5. The summed E-state index contributed by atoms with van der Waals surface area (Å²) in [7, 11) is 0. The van der Waals surface area contributed by atoms with Gasteiger partial charge in [0, 0.05) is 13.0 Å². The van der Waals surface area contributed by atoms with Crippen molar-refractivity contribution in [2.24, 2.45) is 5.41 Å². The molecule has 1 amide bonds. The molecule has 106 valence electrons. The van der Waals surface area contributed by atoms with E-state index in [4.69, 9.17) is 4.74 Å². The molecule has 0 saturated heterocycles. The maximum absolute atomic E-state index is 11.7. The molecule has 0 aliphatic heterocycles. The van der Waals surface area contributed by atoms with Crippen LogP contribution < -0.4 is 10.1 Å². The predicted octanol–water partition coefficient (Wildman–Crippen LogP) is 3.53. The Morgan fingerprint density at radius 1 is 1.21 bits per heavy atom. The van der Waals surface area contributed by atoms with Crippen LogP contribution in [0, 0.1) is 5.41 Å². The van der Waals surface area contributed by atoms with Crippen molar-refractivity contribution >= 4 is 5.91 Å². The molecule has 0 aromatic heterocycles. The molecule has 0 aliphatic rings. The van der Waals surface area contributed by atoms with Crippen molar-refractivity contribution in [3.8, 4) is 5.75 Å². The molecule has 0 aliphatic carbocycles. The van der Waals surface area contributed by atoms with Crippen molar-refractivity contribution in [1.29, 1.82) is 0 Å². The Morgan fingerprint density at radius 2 is 1.79 bits per heavy atom. The third-order valence-corrected chi connectivity index (χ3v) is 2.48. The lowest BCUT2D eigenvalue weighted by molar-refractivity contribution is -0.122. The zero-order valence-corrected chi connectivity index (χ0v) is 12.6. The zero-order valence-electron chi connectivity index (χ0n) is 12.6. The van der Waals surface area contributed by atoms with Crippen molar-refractivity contribution in [3.05, 3.63) is 29.8 Å². The van der Waals surface area contributed by atoms with Crippen LogP contribution in [0.4, 0.5) is 0 Å². The van der Waals surface area contributed by atoms with Gasteiger partial charge in [0.15, 0.2) is 0 Å². The second-order valence-electron chi connectivity index (χ2n) is 6.32. The molecule has 0 radical (unpaired) electrons. The number of nitrogens with one attached hydrogen (secondary N) is 1. The first kappa shape index (κ1) is 15.5. The molecule has 1 N–H and O–H groups in total. The molecule has 1 aromatic carbocycles. The number of carbonyl (C=O) groups excluding carboxylic acids is 1. The summed E-state index contributed by atoms with van der Waals surface area (Å²) in [5, 5.41) is 2.94. The van der Waals surface area contributed by atoms with E-state index >= 15 is 0 Å². The van der Waals surface area contributed by atoms with Crippen LogP contribution in [0.1, 0.15) is 46.6 Å². The molecule has 3 heteroatoms. The smallest absolute Gasteiger partial charge is 0.220 e. The van der Waals surface area contributed by atoms with Gasteiger partial charge in [-0.15, -0.1) is 0 Å². The summed E-state index contributed by atoms with van der Waals surface area (Å²) >= 11 is 0. The number of hydrogen-bond donors (Lipinski definition) is 1. The molecule has 1 rings (SSSR count). The van der Waals surface area contributed by atoms with Gasteiger partial charge >= 0.3 is 0 Å². The minimum atomic E-state index is 0.0268. The summed E-state index contributed by atoms with van der Waals surface area (Å²) < 4.78 is 5.57. The fraction of sp³-hybridized carbons (Fsp3) is 0.562. The highest BCUT2D eigenvalue weighted by Crippen LogP contribution is 2.18. The Balaban J connectivity index is 2.44. The lowest BCUT2D eigenvalue weighted by atomic mass is 9.92. The van der Waals surface area contributed by atoms with Crippen molar-refractivity contribution in [2.45, 2.75) is 53.7 Å². The minimum absolute atomic E-state index is 0.0268. The number of benzene rings is 1. The first-order valence-corrected chi connectivity index (χ1v) is 6.78. The Kier molecular flexibility index (Phi) is 5.40. The maximum atomic E-state index is 11.7. The second kappa shape index (κ2) is 6.60. The van der Waals surface area contributed by atoms with Crippen molar-refractivity contribution in [1.82, 2.24) is 5.32 Å². The van der Waals surface area contributed by atoms with Gasteiger partial charge < -0.3 is 10.1 Å². The Bertz CT molecular complexity index is 402. The van der Waals surface area contributed by atoms with Gasteiger partial charge in [-0.3, -0.25) is 4.79 Å². The van der Waals surface area contributed by atoms with E-state index < -0.39 is 0 Å². The number of amides is 1. The first-order chi connectivity index (χ1) is 8.76. The number of carbonyl (C=O) groups is 1. The molecule has 3 nitrogen and oxygen atoms in total. The van der Waals surface area contributed by atoms with E-state index in [0.717, 1.165) is 11.3 Å². The number of hydrogen-bond acceptors (Lipinski definition) is 2. The van der Waals surface area contributed by atoms with Gasteiger partial charge in [0.1, 0.15) is 5.75 Å². The molecule has 0 unspecified atom stereocenters. The fourth-order valence-corrected chi connectivity index (χ4v) is 1.70. The van der Waals surface area contributed by atoms with Gasteiger partial charge in [-0.2, -0.15) is 0 Å². The van der Waals surface area contributed by atoms with Gasteiger partial charge in [0.05, 0.1) is 6.10 Å². The third-order valence-electron chi connectivity index (χ3n) is 2.48. The van der Waals surface area contributed by atoms with Gasteiger partial charge in [-0.1, -0.05) is 32.9 Å². The standard InChI is InChI=1S/C16H25NO2/c1-12(2)19-14-8-6-13(7-9-14)11-17-15(18)10-16(3,4)5/h6-9,12H,10-11H2,1-5H3,(H,17,18). The van der Waals surface area contributed by atoms with Crippen LogP contribution in [0.5, 0.6) is 5.75 Å². The van der Waals surface area contributed by atoms with E-state index in [0.29, 0.717) is 13.0 Å². The fourth-order valence-electron chi connectivity index (χ4n) is 1.70. The van der Waals surface area contributed by atoms with E-state index in [2.05, 4.69) is 26.1 Å². The zero-order chi connectivity index (χ0) is 14.5. The van der Waals surface area contributed by atoms with E-state index in [1.807, 2.05) is 38.1 Å². The van der Waals surface area contributed by atoms with Gasteiger partial charge in [0.25, 0.3) is 0 Å². The van der Waals surface area contributed by atoms with Crippen LogP contribution in [-0.4, -0.2) is 12.0 Å². The maximum Gasteiger partial charge on any atom is 0.220 e. The highest BCUT2D eigenvalue weighted by atomic mass is 16.5. The van der Waals surface area contributed by atoms with Crippen LogP contribution in [0.3, 0.4) is 0 Å². The Morgan fingerprint density at radius 3 is 2.26 bits per heavy atom. The Hall–Kier alpha value is -1.51. The van der Waals surface area contributed by atoms with Crippen LogP contribution >= 0.6 is 0 Å². The van der Waals surface area contributed by atoms with E-state index in [9.17, 15) is 4.79 Å². The largest absolute Gasteiger partial charge is 0.491 e. The molecule has 0 saturated carbocycles. The van der Waals surface area contributed by atoms with Gasteiger partial charge in [0.2, 0.25) is 5.91 Å². The third kappa shape index (κ3) is 6.85. The quantitative estimate of drug-likeness (QED) is 0.882. The van der Waals surface area contributed by atoms with Gasteiger partial charge in [-0.25, -0.2) is 0 Å². The molecule has 0 fully saturated rings.